The Hall–Kier alpha value is -2.97. The van der Waals surface area contributed by atoms with E-state index < -0.39 is 22.0 Å². The highest BCUT2D eigenvalue weighted by molar-refractivity contribution is 7.98. The van der Waals surface area contributed by atoms with E-state index in [4.69, 9.17) is 19.6 Å². The number of rotatable bonds is 11. The first kappa shape index (κ1) is 24.7. The summed E-state index contributed by atoms with van der Waals surface area (Å²) in [5.41, 5.74) is 2.05. The van der Waals surface area contributed by atoms with Gasteiger partial charge in [-0.15, -0.1) is 0 Å². The first-order valence-electron chi connectivity index (χ1n) is 9.58. The van der Waals surface area contributed by atoms with Gasteiger partial charge in [0.15, 0.2) is 5.76 Å². The Kier molecular flexibility index (Phi) is 8.41. The molecule has 0 saturated carbocycles. The predicted octanol–water partition coefficient (Wildman–Crippen LogP) is 1.78. The third kappa shape index (κ3) is 6.30. The number of sulfonamides is 1. The molecule has 2 aromatic heterocycles. The van der Waals surface area contributed by atoms with Gasteiger partial charge in [-0.05, 0) is 36.4 Å². The van der Waals surface area contributed by atoms with Crippen molar-refractivity contribution < 1.29 is 32.8 Å². The number of ether oxygens (including phenoxy) is 1. The van der Waals surface area contributed by atoms with Crippen molar-refractivity contribution in [2.24, 2.45) is 0 Å². The van der Waals surface area contributed by atoms with Crippen LogP contribution in [0.15, 0.2) is 64.3 Å². The van der Waals surface area contributed by atoms with Crippen LogP contribution in [-0.4, -0.2) is 57.9 Å². The number of hydrogen-bond acceptors (Lipinski definition) is 10. The third-order valence-electron chi connectivity index (χ3n) is 4.53. The number of thioether (sulfide) groups is 1. The second-order valence-corrected chi connectivity index (χ2v) is 9.76. The maximum Gasteiger partial charge on any atom is 0.262 e. The summed E-state index contributed by atoms with van der Waals surface area (Å²) < 4.78 is 37.6. The van der Waals surface area contributed by atoms with Crippen LogP contribution in [0.2, 0.25) is 0 Å². The van der Waals surface area contributed by atoms with Crippen LogP contribution >= 0.6 is 11.8 Å². The largest absolute Gasteiger partial charge is 0.457 e. The van der Waals surface area contributed by atoms with E-state index in [1.54, 1.807) is 30.6 Å². The van der Waals surface area contributed by atoms with Crippen molar-refractivity contribution in [2.45, 2.75) is 23.3 Å². The van der Waals surface area contributed by atoms with Crippen LogP contribution in [0, 0.1) is 0 Å². The molecule has 0 bridgehead atoms. The van der Waals surface area contributed by atoms with Gasteiger partial charge in [-0.3, -0.25) is 15.0 Å². The van der Waals surface area contributed by atoms with E-state index in [1.807, 2.05) is 0 Å². The number of aliphatic hydroxyl groups excluding tert-OH is 1. The Bertz CT molecular complexity index is 1150. The minimum absolute atomic E-state index is 0.0344. The fourth-order valence-corrected chi connectivity index (χ4v) is 5.22. The Balaban J connectivity index is 1.69. The van der Waals surface area contributed by atoms with Gasteiger partial charge in [0.2, 0.25) is 10.0 Å². The number of benzene rings is 1. The summed E-state index contributed by atoms with van der Waals surface area (Å²) in [5, 5.41) is 21.9. The summed E-state index contributed by atoms with van der Waals surface area (Å²) in [4.78, 5) is 16.1. The van der Waals surface area contributed by atoms with Gasteiger partial charge >= 0.3 is 0 Å². The Morgan fingerprint density at radius 3 is 2.48 bits per heavy atom. The van der Waals surface area contributed by atoms with Gasteiger partial charge in [0, 0.05) is 37.0 Å². The summed E-state index contributed by atoms with van der Waals surface area (Å²) in [6.45, 7) is -0.291. The number of nitrogens with zero attached hydrogens (tertiary/aromatic N) is 3. The van der Waals surface area contributed by atoms with Crippen molar-refractivity contribution in [2.75, 3.05) is 12.8 Å². The number of carbonyl (C=O) groups is 1. The Morgan fingerprint density at radius 1 is 1.21 bits per heavy atom. The lowest BCUT2D eigenvalue weighted by molar-refractivity contribution is -0.132. The summed E-state index contributed by atoms with van der Waals surface area (Å²) >= 11 is 1.22. The monoisotopic (exact) mass is 494 g/mol. The molecule has 2 heterocycles. The molecule has 0 unspecified atom stereocenters. The molecular weight excluding hydrogens is 472 g/mol. The molecule has 0 aliphatic rings. The molecule has 13 heteroatoms. The lowest BCUT2D eigenvalue weighted by atomic mass is 10.3. The smallest absolute Gasteiger partial charge is 0.262 e. The molecule has 176 valence electrons. The SMILES string of the molecule is CN([C@H](CSCc1cc(CO)on1)C(=O)NO)S(=O)(=O)c1ccc(Oc2ccncc2)cc1. The normalized spacial score (nSPS) is 12.5. The molecule has 33 heavy (non-hydrogen) atoms. The number of pyridine rings is 1. The molecule has 3 aromatic rings. The van der Waals surface area contributed by atoms with Gasteiger partial charge in [0.25, 0.3) is 5.91 Å². The number of hydrogen-bond donors (Lipinski definition) is 3. The lowest BCUT2D eigenvalue weighted by Crippen LogP contribution is -2.48. The quantitative estimate of drug-likeness (QED) is 0.265. The molecule has 3 rings (SSSR count). The minimum Gasteiger partial charge on any atom is -0.457 e. The number of likely N-dealkylation sites (N-methyl/N-ethyl adjacent to an activating group) is 1. The molecule has 1 atom stereocenters. The number of nitrogens with one attached hydrogen (secondary N) is 1. The summed E-state index contributed by atoms with van der Waals surface area (Å²) in [6, 6.07) is 9.44. The third-order valence-corrected chi connectivity index (χ3v) is 7.46. The van der Waals surface area contributed by atoms with E-state index in [-0.39, 0.29) is 17.3 Å². The fraction of sp³-hybridized carbons (Fsp3) is 0.250. The molecular formula is C20H22N4O7S2. The first-order chi connectivity index (χ1) is 15.8. The minimum atomic E-state index is -4.06. The lowest BCUT2D eigenvalue weighted by Gasteiger charge is -2.25. The first-order valence-corrected chi connectivity index (χ1v) is 12.2. The van der Waals surface area contributed by atoms with Crippen LogP contribution in [0.25, 0.3) is 0 Å². The van der Waals surface area contributed by atoms with E-state index in [0.29, 0.717) is 28.7 Å². The average Bonchev–Trinajstić information content (AvgIpc) is 3.30. The van der Waals surface area contributed by atoms with Crippen molar-refractivity contribution in [3.05, 3.63) is 66.3 Å². The second-order valence-electron chi connectivity index (χ2n) is 6.73. The zero-order valence-corrected chi connectivity index (χ0v) is 19.1. The van der Waals surface area contributed by atoms with Gasteiger partial charge in [0.1, 0.15) is 24.1 Å². The number of aromatic nitrogens is 2. The van der Waals surface area contributed by atoms with E-state index >= 15 is 0 Å². The molecule has 3 N–H and O–H groups in total. The van der Waals surface area contributed by atoms with Crippen molar-refractivity contribution in [1.82, 2.24) is 19.9 Å². The van der Waals surface area contributed by atoms with E-state index in [0.717, 1.165) is 4.31 Å². The van der Waals surface area contributed by atoms with Gasteiger partial charge < -0.3 is 14.4 Å². The highest BCUT2D eigenvalue weighted by atomic mass is 32.2. The standard InChI is InChI=1S/C20H22N4O7S2/c1-24(19(20(26)22-27)13-32-12-14-10-17(11-25)31-23-14)33(28,29)18-4-2-15(3-5-18)30-16-6-8-21-9-7-16/h2-10,19,25,27H,11-13H2,1H3,(H,22,26)/t19-/m1/s1. The topological polar surface area (TPSA) is 155 Å². The molecule has 0 spiro atoms. The number of hydroxylamine groups is 1. The molecule has 11 nitrogen and oxygen atoms in total. The number of aliphatic hydroxyl groups is 1. The predicted molar refractivity (Wildman–Crippen MR) is 118 cm³/mol. The molecule has 0 aliphatic carbocycles. The molecule has 0 saturated heterocycles. The summed E-state index contributed by atoms with van der Waals surface area (Å²) in [7, 11) is -2.80. The van der Waals surface area contributed by atoms with Crippen molar-refractivity contribution >= 4 is 27.7 Å². The Morgan fingerprint density at radius 2 is 1.88 bits per heavy atom. The van der Waals surface area contributed by atoms with Crippen molar-refractivity contribution in [3.63, 3.8) is 0 Å². The van der Waals surface area contributed by atoms with Crippen LogP contribution in [-0.2, 0) is 27.2 Å². The molecule has 0 aliphatic heterocycles. The van der Waals surface area contributed by atoms with Crippen LogP contribution in [0.4, 0.5) is 0 Å². The van der Waals surface area contributed by atoms with Gasteiger partial charge in [-0.1, -0.05) is 5.16 Å². The van der Waals surface area contributed by atoms with Crippen molar-refractivity contribution in [3.8, 4) is 11.5 Å². The summed E-state index contributed by atoms with van der Waals surface area (Å²) in [5.74, 6) is 0.750. The van der Waals surface area contributed by atoms with Gasteiger partial charge in [-0.25, -0.2) is 13.9 Å². The maximum atomic E-state index is 13.1. The second kappa shape index (κ2) is 11.2. The zero-order valence-electron chi connectivity index (χ0n) is 17.5. The van der Waals surface area contributed by atoms with Gasteiger partial charge in [-0.2, -0.15) is 16.1 Å². The van der Waals surface area contributed by atoms with Crippen LogP contribution in [0.3, 0.4) is 0 Å². The molecule has 1 amide bonds. The average molecular weight is 495 g/mol. The number of amides is 1. The molecule has 1 aromatic carbocycles. The van der Waals surface area contributed by atoms with Crippen LogP contribution in [0.1, 0.15) is 11.5 Å². The Labute approximate surface area is 194 Å². The molecule has 0 fully saturated rings. The molecule has 0 radical (unpaired) electrons. The van der Waals surface area contributed by atoms with Gasteiger partial charge in [0.05, 0.1) is 10.6 Å². The van der Waals surface area contributed by atoms with E-state index in [9.17, 15) is 13.2 Å². The van der Waals surface area contributed by atoms with Crippen molar-refractivity contribution in [1.29, 1.82) is 0 Å². The highest BCUT2D eigenvalue weighted by Gasteiger charge is 2.33. The van der Waals surface area contributed by atoms with E-state index in [2.05, 4.69) is 10.1 Å². The van der Waals surface area contributed by atoms with E-state index in [1.165, 1.54) is 48.6 Å². The maximum absolute atomic E-state index is 13.1. The van der Waals surface area contributed by atoms with Crippen LogP contribution < -0.4 is 10.2 Å². The zero-order chi connectivity index (χ0) is 23.8. The highest BCUT2D eigenvalue weighted by Crippen LogP contribution is 2.25. The number of carbonyl (C=O) groups excluding carboxylic acids is 1. The fourth-order valence-electron chi connectivity index (χ4n) is 2.75. The van der Waals surface area contributed by atoms with Crippen LogP contribution in [0.5, 0.6) is 11.5 Å². The summed E-state index contributed by atoms with van der Waals surface area (Å²) in [6.07, 6.45) is 3.14.